The lowest BCUT2D eigenvalue weighted by Gasteiger charge is -2.10. The summed E-state index contributed by atoms with van der Waals surface area (Å²) >= 11 is 0. The maximum Gasteiger partial charge on any atom is 0.573 e. The van der Waals surface area contributed by atoms with Gasteiger partial charge in [0.15, 0.2) is 11.5 Å². The van der Waals surface area contributed by atoms with Crippen molar-refractivity contribution in [2.45, 2.75) is 19.7 Å². The van der Waals surface area contributed by atoms with Gasteiger partial charge in [0, 0.05) is 11.9 Å². The number of nitrogens with zero attached hydrogens (tertiary/aromatic N) is 3. The summed E-state index contributed by atoms with van der Waals surface area (Å²) < 4.78 is 55.9. The molecule has 0 aliphatic carbocycles. The maximum atomic E-state index is 13.1. The predicted molar refractivity (Wildman–Crippen MR) is 109 cm³/mol. The Bertz CT molecular complexity index is 1270. The van der Waals surface area contributed by atoms with E-state index in [1.54, 1.807) is 19.2 Å². The van der Waals surface area contributed by atoms with E-state index in [4.69, 9.17) is 0 Å². The highest BCUT2D eigenvalue weighted by Gasteiger charge is 2.31. The lowest BCUT2D eigenvalue weighted by Crippen LogP contribution is -2.17. The van der Waals surface area contributed by atoms with Gasteiger partial charge in [0.05, 0.1) is 12.0 Å². The maximum absolute atomic E-state index is 13.1. The van der Waals surface area contributed by atoms with Crippen LogP contribution in [0.2, 0.25) is 0 Å². The van der Waals surface area contributed by atoms with E-state index in [2.05, 4.69) is 20.1 Å². The molecule has 0 bridgehead atoms. The van der Waals surface area contributed by atoms with Crippen LogP contribution in [0.25, 0.3) is 16.8 Å². The van der Waals surface area contributed by atoms with Crippen LogP contribution in [0.5, 0.6) is 5.75 Å². The smallest absolute Gasteiger partial charge is 0.406 e. The summed E-state index contributed by atoms with van der Waals surface area (Å²) in [5, 5.41) is 7.14. The summed E-state index contributed by atoms with van der Waals surface area (Å²) in [6.45, 7) is 1.80. The first-order valence-corrected chi connectivity index (χ1v) is 9.44. The number of carbonyl (C=O) groups excluding carboxylic acids is 1. The average Bonchev–Trinajstić information content (AvgIpc) is 3.08. The second-order valence-electron chi connectivity index (χ2n) is 6.97. The Hall–Kier alpha value is -3.95. The molecule has 32 heavy (non-hydrogen) atoms. The van der Waals surface area contributed by atoms with Gasteiger partial charge in [-0.05, 0) is 48.4 Å². The third kappa shape index (κ3) is 4.69. The molecule has 0 saturated carbocycles. The number of anilines is 1. The summed E-state index contributed by atoms with van der Waals surface area (Å²) in [6.07, 6.45) is -3.25. The fourth-order valence-corrected chi connectivity index (χ4v) is 3.20. The van der Waals surface area contributed by atoms with Gasteiger partial charge < -0.3 is 10.1 Å². The van der Waals surface area contributed by atoms with Crippen LogP contribution in [0, 0.1) is 12.7 Å². The zero-order chi connectivity index (χ0) is 22.9. The number of benzene rings is 2. The summed E-state index contributed by atoms with van der Waals surface area (Å²) in [4.78, 5) is 16.9. The molecule has 0 saturated heterocycles. The molecule has 0 fully saturated rings. The van der Waals surface area contributed by atoms with Crippen molar-refractivity contribution in [3.63, 3.8) is 0 Å². The Morgan fingerprint density at radius 3 is 2.41 bits per heavy atom. The van der Waals surface area contributed by atoms with Gasteiger partial charge in [-0.2, -0.15) is 0 Å². The summed E-state index contributed by atoms with van der Waals surface area (Å²) in [5.74, 6) is -0.973. The molecule has 2 aromatic carbocycles. The summed E-state index contributed by atoms with van der Waals surface area (Å²) in [5.41, 5.74) is 2.71. The van der Waals surface area contributed by atoms with Crippen molar-refractivity contribution in [3.8, 4) is 16.9 Å². The van der Waals surface area contributed by atoms with Crippen LogP contribution in [-0.2, 0) is 11.2 Å². The van der Waals surface area contributed by atoms with Gasteiger partial charge in [0.25, 0.3) is 0 Å². The van der Waals surface area contributed by atoms with Crippen molar-refractivity contribution in [1.29, 1.82) is 0 Å². The number of hydrogen-bond donors (Lipinski definition) is 1. The third-order valence-corrected chi connectivity index (χ3v) is 4.62. The van der Waals surface area contributed by atoms with Crippen LogP contribution in [0.4, 0.5) is 23.4 Å². The molecule has 0 aliphatic heterocycles. The Labute approximate surface area is 179 Å². The number of fused-ring (bicyclic) bond motifs is 1. The molecule has 0 aliphatic rings. The van der Waals surface area contributed by atoms with E-state index < -0.39 is 18.1 Å². The van der Waals surface area contributed by atoms with E-state index in [1.807, 2.05) is 0 Å². The number of rotatable bonds is 5. The van der Waals surface area contributed by atoms with E-state index >= 15 is 0 Å². The molecular weight excluding hydrogens is 428 g/mol. The van der Waals surface area contributed by atoms with Crippen molar-refractivity contribution in [2.75, 3.05) is 5.32 Å². The van der Waals surface area contributed by atoms with Crippen LogP contribution in [0.1, 0.15) is 11.3 Å². The van der Waals surface area contributed by atoms with Gasteiger partial charge in [-0.1, -0.05) is 24.3 Å². The molecule has 0 radical (unpaired) electrons. The second-order valence-corrected chi connectivity index (χ2v) is 6.97. The molecule has 6 nitrogen and oxygen atoms in total. The number of amides is 1. The lowest BCUT2D eigenvalue weighted by atomic mass is 10.1. The summed E-state index contributed by atoms with van der Waals surface area (Å²) in [6, 6.07) is 12.5. The van der Waals surface area contributed by atoms with Crippen molar-refractivity contribution >= 4 is 17.4 Å². The van der Waals surface area contributed by atoms with Gasteiger partial charge >= 0.3 is 6.36 Å². The fraction of sp³-hybridized carbons (Fsp3) is 0.136. The number of ether oxygens (including phenoxy) is 1. The number of aryl methyl sites for hydroxylation is 1. The zero-order valence-electron chi connectivity index (χ0n) is 16.7. The molecule has 0 unspecified atom stereocenters. The molecule has 1 N–H and O–H groups in total. The SMILES string of the molecule is Cc1ccnc2c(-c3ccc(OC(F)(F)F)cc3)c(NC(=O)Cc3ccc(F)cc3)nn12. The zero-order valence-corrected chi connectivity index (χ0v) is 16.7. The Morgan fingerprint density at radius 2 is 1.75 bits per heavy atom. The molecule has 164 valence electrons. The summed E-state index contributed by atoms with van der Waals surface area (Å²) in [7, 11) is 0. The van der Waals surface area contributed by atoms with E-state index in [0.717, 1.165) is 5.69 Å². The minimum Gasteiger partial charge on any atom is -0.406 e. The van der Waals surface area contributed by atoms with E-state index in [9.17, 15) is 22.4 Å². The molecule has 4 rings (SSSR count). The topological polar surface area (TPSA) is 68.5 Å². The van der Waals surface area contributed by atoms with Gasteiger partial charge in [-0.25, -0.2) is 13.9 Å². The van der Waals surface area contributed by atoms with E-state index in [0.29, 0.717) is 22.3 Å². The Balaban J connectivity index is 1.68. The standard InChI is InChI=1S/C22H16F4N4O2/c1-13-10-11-27-21-19(15-4-8-17(9-5-15)32-22(24,25)26)20(29-30(13)21)28-18(31)12-14-2-6-16(23)7-3-14/h2-11H,12H2,1H3,(H,28,29,31). The highest BCUT2D eigenvalue weighted by Crippen LogP contribution is 2.33. The van der Waals surface area contributed by atoms with Gasteiger partial charge in [0.1, 0.15) is 11.6 Å². The van der Waals surface area contributed by atoms with Crippen molar-refractivity contribution in [1.82, 2.24) is 14.6 Å². The largest absolute Gasteiger partial charge is 0.573 e. The molecule has 2 heterocycles. The normalized spacial score (nSPS) is 11.5. The predicted octanol–water partition coefficient (Wildman–Crippen LogP) is 4.92. The molecule has 4 aromatic rings. The first-order valence-electron chi connectivity index (χ1n) is 9.44. The first-order chi connectivity index (χ1) is 15.2. The van der Waals surface area contributed by atoms with Crippen molar-refractivity contribution in [2.24, 2.45) is 0 Å². The van der Waals surface area contributed by atoms with Gasteiger partial charge in [-0.3, -0.25) is 4.79 Å². The quantitative estimate of drug-likeness (QED) is 0.444. The third-order valence-electron chi connectivity index (χ3n) is 4.62. The minimum absolute atomic E-state index is 0.0155. The monoisotopic (exact) mass is 444 g/mol. The lowest BCUT2D eigenvalue weighted by molar-refractivity contribution is -0.274. The molecule has 0 atom stereocenters. The highest BCUT2D eigenvalue weighted by atomic mass is 19.4. The number of halogens is 4. The first kappa shape index (κ1) is 21.3. The molecular formula is C22H16F4N4O2. The number of aromatic nitrogens is 3. The average molecular weight is 444 g/mol. The van der Waals surface area contributed by atoms with Gasteiger partial charge in [-0.15, -0.1) is 18.3 Å². The van der Waals surface area contributed by atoms with Crippen molar-refractivity contribution in [3.05, 3.63) is 77.9 Å². The number of alkyl halides is 3. The van der Waals surface area contributed by atoms with Crippen LogP contribution >= 0.6 is 0 Å². The molecule has 10 heteroatoms. The van der Waals surface area contributed by atoms with E-state index in [-0.39, 0.29) is 18.0 Å². The Morgan fingerprint density at radius 1 is 1.06 bits per heavy atom. The fourth-order valence-electron chi connectivity index (χ4n) is 3.20. The number of carbonyl (C=O) groups is 1. The van der Waals surface area contributed by atoms with E-state index in [1.165, 1.54) is 53.0 Å². The highest BCUT2D eigenvalue weighted by molar-refractivity contribution is 5.98. The minimum atomic E-state index is -4.80. The number of hydrogen-bond acceptors (Lipinski definition) is 4. The molecule has 0 spiro atoms. The van der Waals surface area contributed by atoms with Gasteiger partial charge in [0.2, 0.25) is 5.91 Å². The number of nitrogens with one attached hydrogen (secondary N) is 1. The Kier molecular flexibility index (Phi) is 5.52. The van der Waals surface area contributed by atoms with Crippen molar-refractivity contribution < 1.29 is 27.1 Å². The molecule has 2 aromatic heterocycles. The van der Waals surface area contributed by atoms with Crippen LogP contribution in [0.15, 0.2) is 60.8 Å². The van der Waals surface area contributed by atoms with Crippen LogP contribution in [-0.4, -0.2) is 26.9 Å². The molecule has 1 amide bonds. The van der Waals surface area contributed by atoms with Crippen LogP contribution < -0.4 is 10.1 Å². The van der Waals surface area contributed by atoms with Crippen LogP contribution in [0.3, 0.4) is 0 Å². The second kappa shape index (κ2) is 8.29.